The van der Waals surface area contributed by atoms with E-state index in [1.54, 1.807) is 4.57 Å². The number of alkyl halides is 2. The molecular weight excluding hydrogens is 312 g/mol. The van der Waals surface area contributed by atoms with Gasteiger partial charge in [0.25, 0.3) is 6.43 Å². The number of rotatable bonds is 3. The van der Waals surface area contributed by atoms with Crippen LogP contribution in [0.15, 0.2) is 24.7 Å². The summed E-state index contributed by atoms with van der Waals surface area (Å²) in [5, 5.41) is 0. The summed E-state index contributed by atoms with van der Waals surface area (Å²) in [7, 11) is 0. The lowest BCUT2D eigenvalue weighted by molar-refractivity contribution is 0.146. The molecule has 3 aromatic rings. The maximum absolute atomic E-state index is 13.6. The second-order valence-corrected chi connectivity index (χ2v) is 5.41. The summed E-state index contributed by atoms with van der Waals surface area (Å²) in [4.78, 5) is 11.6. The molecule has 1 fully saturated rings. The highest BCUT2D eigenvalue weighted by Crippen LogP contribution is 2.42. The number of imidazole rings is 1. The summed E-state index contributed by atoms with van der Waals surface area (Å²) in [5.41, 5.74) is 0.227. The molecule has 2 aromatic heterocycles. The molecule has 0 spiro atoms. The monoisotopic (exact) mass is 322 g/mol. The molecule has 2 heterocycles. The fraction of sp³-hybridized carbons (Fsp3) is 0.267. The van der Waals surface area contributed by atoms with Gasteiger partial charge in [-0.15, -0.1) is 0 Å². The number of aromatic nitrogens is 4. The van der Waals surface area contributed by atoms with Crippen molar-refractivity contribution in [3.8, 4) is 11.4 Å². The van der Waals surface area contributed by atoms with Crippen LogP contribution in [0, 0.1) is 11.6 Å². The molecule has 1 aliphatic carbocycles. The van der Waals surface area contributed by atoms with Gasteiger partial charge in [0.05, 0.1) is 16.6 Å². The Morgan fingerprint density at radius 2 is 1.87 bits per heavy atom. The Balaban J connectivity index is 2.02. The van der Waals surface area contributed by atoms with Crippen LogP contribution >= 0.6 is 0 Å². The molecule has 1 aliphatic rings. The molecule has 0 radical (unpaired) electrons. The van der Waals surface area contributed by atoms with Gasteiger partial charge in [0.15, 0.2) is 11.6 Å². The average molecular weight is 322 g/mol. The van der Waals surface area contributed by atoms with Gasteiger partial charge in [0.2, 0.25) is 0 Å². The highest BCUT2D eigenvalue weighted by Gasteiger charge is 2.31. The minimum absolute atomic E-state index is 0.0330. The molecule has 118 valence electrons. The van der Waals surface area contributed by atoms with Gasteiger partial charge in [0.1, 0.15) is 17.8 Å². The Bertz CT molecular complexity index is 902. The fourth-order valence-corrected chi connectivity index (χ4v) is 2.67. The molecule has 4 rings (SSSR count). The summed E-state index contributed by atoms with van der Waals surface area (Å²) in [6.45, 7) is 0. The van der Waals surface area contributed by atoms with E-state index in [2.05, 4.69) is 15.0 Å². The molecule has 0 amide bonds. The van der Waals surface area contributed by atoms with E-state index in [0.717, 1.165) is 31.3 Å². The molecular formula is C15H10F4N4. The number of benzene rings is 1. The van der Waals surface area contributed by atoms with Crippen LogP contribution in [0.5, 0.6) is 0 Å². The topological polar surface area (TPSA) is 43.6 Å². The molecule has 1 aromatic carbocycles. The van der Waals surface area contributed by atoms with Crippen molar-refractivity contribution in [1.29, 1.82) is 0 Å². The van der Waals surface area contributed by atoms with E-state index in [0.29, 0.717) is 5.52 Å². The normalized spacial score (nSPS) is 14.8. The third-order valence-electron chi connectivity index (χ3n) is 3.83. The largest absolute Gasteiger partial charge is 0.321 e. The number of hydrogen-bond acceptors (Lipinski definition) is 3. The van der Waals surface area contributed by atoms with Gasteiger partial charge in [-0.3, -0.25) is 0 Å². The van der Waals surface area contributed by atoms with E-state index < -0.39 is 23.8 Å². The maximum Gasteiger partial charge on any atom is 0.281 e. The molecule has 8 heteroatoms. The lowest BCUT2D eigenvalue weighted by Gasteiger charge is -2.10. The molecule has 0 aliphatic heterocycles. The molecule has 1 saturated carbocycles. The summed E-state index contributed by atoms with van der Waals surface area (Å²) in [6, 6.07) is 2.05. The first-order valence-electron chi connectivity index (χ1n) is 7.01. The van der Waals surface area contributed by atoms with Crippen LogP contribution in [0.3, 0.4) is 0 Å². The van der Waals surface area contributed by atoms with E-state index in [1.165, 1.54) is 6.20 Å². The van der Waals surface area contributed by atoms with Gasteiger partial charge in [-0.05, 0) is 12.8 Å². The van der Waals surface area contributed by atoms with Crippen molar-refractivity contribution < 1.29 is 17.6 Å². The second-order valence-electron chi connectivity index (χ2n) is 5.41. The van der Waals surface area contributed by atoms with Crippen molar-refractivity contribution in [2.75, 3.05) is 0 Å². The minimum atomic E-state index is -2.80. The number of nitrogens with zero attached hydrogens (tertiary/aromatic N) is 4. The van der Waals surface area contributed by atoms with E-state index in [9.17, 15) is 17.6 Å². The fourth-order valence-electron chi connectivity index (χ4n) is 2.67. The zero-order valence-electron chi connectivity index (χ0n) is 11.7. The summed E-state index contributed by atoms with van der Waals surface area (Å²) < 4.78 is 55.1. The Morgan fingerprint density at radius 1 is 1.13 bits per heavy atom. The molecule has 4 nitrogen and oxygen atoms in total. The van der Waals surface area contributed by atoms with E-state index in [1.807, 2.05) is 0 Å². The van der Waals surface area contributed by atoms with Gasteiger partial charge in [0, 0.05) is 24.4 Å². The smallest absolute Gasteiger partial charge is 0.281 e. The lowest BCUT2D eigenvalue weighted by atomic mass is 10.2. The quantitative estimate of drug-likeness (QED) is 0.684. The van der Waals surface area contributed by atoms with Crippen LogP contribution in [-0.2, 0) is 0 Å². The first kappa shape index (κ1) is 14.1. The van der Waals surface area contributed by atoms with Crippen LogP contribution in [0.4, 0.5) is 17.6 Å². The zero-order valence-corrected chi connectivity index (χ0v) is 11.7. The Morgan fingerprint density at radius 3 is 2.57 bits per heavy atom. The predicted molar refractivity (Wildman–Crippen MR) is 73.9 cm³/mol. The Labute approximate surface area is 127 Å². The van der Waals surface area contributed by atoms with Crippen LogP contribution in [-0.4, -0.2) is 19.5 Å². The van der Waals surface area contributed by atoms with Crippen molar-refractivity contribution in [2.24, 2.45) is 0 Å². The number of fused-ring (bicyclic) bond motifs is 1. The van der Waals surface area contributed by atoms with Crippen LogP contribution in [0.1, 0.15) is 31.0 Å². The van der Waals surface area contributed by atoms with Crippen molar-refractivity contribution in [1.82, 2.24) is 19.5 Å². The summed E-state index contributed by atoms with van der Waals surface area (Å²) >= 11 is 0. The number of hydrogen-bond donors (Lipinski definition) is 0. The summed E-state index contributed by atoms with van der Waals surface area (Å²) in [6.07, 6.45) is 1.15. The maximum atomic E-state index is 13.6. The van der Waals surface area contributed by atoms with Crippen LogP contribution in [0.25, 0.3) is 22.4 Å². The zero-order chi connectivity index (χ0) is 16.1. The third-order valence-corrected chi connectivity index (χ3v) is 3.83. The SMILES string of the molecule is Fc1cc2nc(-c3cncnc3C(F)F)n(C3CC3)c2cc1F. The first-order valence-corrected chi connectivity index (χ1v) is 7.01. The van der Waals surface area contributed by atoms with E-state index in [-0.39, 0.29) is 22.9 Å². The van der Waals surface area contributed by atoms with E-state index >= 15 is 0 Å². The highest BCUT2D eigenvalue weighted by molar-refractivity contribution is 5.81. The van der Waals surface area contributed by atoms with Crippen molar-refractivity contribution in [2.45, 2.75) is 25.3 Å². The van der Waals surface area contributed by atoms with Crippen molar-refractivity contribution in [3.63, 3.8) is 0 Å². The lowest BCUT2D eigenvalue weighted by Crippen LogP contribution is -2.03. The Kier molecular flexibility index (Phi) is 3.07. The van der Waals surface area contributed by atoms with Crippen LogP contribution < -0.4 is 0 Å². The predicted octanol–water partition coefficient (Wildman–Crippen LogP) is 4.04. The summed E-state index contributed by atoms with van der Waals surface area (Å²) in [5.74, 6) is -1.81. The van der Waals surface area contributed by atoms with Gasteiger partial charge >= 0.3 is 0 Å². The van der Waals surface area contributed by atoms with Gasteiger partial charge < -0.3 is 4.57 Å². The van der Waals surface area contributed by atoms with Gasteiger partial charge in [-0.2, -0.15) is 0 Å². The standard InChI is InChI=1S/C15H10F4N4/c16-9-3-11-12(4-10(9)17)23(7-1-2-7)15(22-11)8-5-20-6-21-13(8)14(18)19/h3-7,14H,1-2H2. The number of halogens is 4. The van der Waals surface area contributed by atoms with E-state index in [4.69, 9.17) is 0 Å². The third kappa shape index (κ3) is 2.25. The minimum Gasteiger partial charge on any atom is -0.321 e. The molecule has 23 heavy (non-hydrogen) atoms. The van der Waals surface area contributed by atoms with Crippen molar-refractivity contribution in [3.05, 3.63) is 42.0 Å². The first-order chi connectivity index (χ1) is 11.1. The highest BCUT2D eigenvalue weighted by atomic mass is 19.3. The second kappa shape index (κ2) is 5.00. The Hall–Kier alpha value is -2.51. The van der Waals surface area contributed by atoms with Gasteiger partial charge in [-0.1, -0.05) is 0 Å². The van der Waals surface area contributed by atoms with Crippen molar-refractivity contribution >= 4 is 11.0 Å². The molecule has 0 saturated heterocycles. The molecule has 0 atom stereocenters. The molecule has 0 N–H and O–H groups in total. The average Bonchev–Trinajstić information content (AvgIpc) is 3.30. The van der Waals surface area contributed by atoms with Gasteiger partial charge in [-0.25, -0.2) is 32.5 Å². The molecule has 0 bridgehead atoms. The molecule has 0 unspecified atom stereocenters. The van der Waals surface area contributed by atoms with Crippen LogP contribution in [0.2, 0.25) is 0 Å².